The largest absolute Gasteiger partial charge is 0.478 e. The van der Waals surface area contributed by atoms with Crippen LogP contribution in [-0.4, -0.2) is 83.6 Å². The molecule has 3 aliphatic rings. The number of aliphatic carboxylic acids is 2. The monoisotopic (exact) mass is 429 g/mol. The molecular formula is C21H27N5O5. The SMILES string of the molecule is CN(C)c1ccc(-c2nnc(N3CCN4CCC3CC4)o2)cc1.O=C(O)/C=C/C(=O)O. The van der Waals surface area contributed by atoms with E-state index in [0.29, 0.717) is 30.1 Å². The Labute approximate surface area is 180 Å². The average Bonchev–Trinajstić information content (AvgIpc) is 3.05. The van der Waals surface area contributed by atoms with Crippen molar-refractivity contribution in [1.82, 2.24) is 15.1 Å². The van der Waals surface area contributed by atoms with Crippen LogP contribution in [0.25, 0.3) is 11.5 Å². The highest BCUT2D eigenvalue weighted by atomic mass is 16.4. The van der Waals surface area contributed by atoms with E-state index in [9.17, 15) is 9.59 Å². The smallest absolute Gasteiger partial charge is 0.328 e. The van der Waals surface area contributed by atoms with E-state index in [1.807, 2.05) is 26.2 Å². The van der Waals surface area contributed by atoms with Crippen molar-refractivity contribution in [3.8, 4) is 11.5 Å². The van der Waals surface area contributed by atoms with E-state index < -0.39 is 11.9 Å². The Bertz CT molecular complexity index is 900. The van der Waals surface area contributed by atoms with Crippen molar-refractivity contribution in [1.29, 1.82) is 0 Å². The van der Waals surface area contributed by atoms with Gasteiger partial charge in [-0.1, -0.05) is 5.10 Å². The molecule has 0 aliphatic carbocycles. The van der Waals surface area contributed by atoms with Crippen molar-refractivity contribution in [3.63, 3.8) is 0 Å². The summed E-state index contributed by atoms with van der Waals surface area (Å²) in [7, 11) is 4.06. The van der Waals surface area contributed by atoms with Gasteiger partial charge in [-0.15, -0.1) is 5.10 Å². The van der Waals surface area contributed by atoms with Crippen LogP contribution in [0.15, 0.2) is 40.8 Å². The molecular weight excluding hydrogens is 402 g/mol. The van der Waals surface area contributed by atoms with Gasteiger partial charge in [0.25, 0.3) is 0 Å². The highest BCUT2D eigenvalue weighted by molar-refractivity contribution is 5.89. The molecule has 5 rings (SSSR count). The van der Waals surface area contributed by atoms with Gasteiger partial charge in [0.1, 0.15) is 0 Å². The Balaban J connectivity index is 0.000000293. The van der Waals surface area contributed by atoms with Crippen LogP contribution in [-0.2, 0) is 9.59 Å². The molecule has 31 heavy (non-hydrogen) atoms. The number of carbonyl (C=O) groups is 2. The van der Waals surface area contributed by atoms with Gasteiger partial charge in [-0.05, 0) is 37.1 Å². The third-order valence-corrected chi connectivity index (χ3v) is 5.31. The summed E-state index contributed by atoms with van der Waals surface area (Å²) >= 11 is 0. The van der Waals surface area contributed by atoms with Gasteiger partial charge < -0.3 is 29.3 Å². The standard InChI is InChI=1S/C17H23N5O.C4H4O4/c1-20(2)14-5-3-13(4-6-14)16-18-19-17(23-16)22-12-11-21-9-7-15(22)8-10-21;5-3(6)1-2-4(7)8/h3-6,15H,7-12H2,1-2H3;1-2H,(H,5,6)(H,7,8)/b;2-1+. The number of fused-ring (bicyclic) bond motifs is 4. The first-order chi connectivity index (χ1) is 14.8. The van der Waals surface area contributed by atoms with Gasteiger partial charge in [0.15, 0.2) is 0 Å². The zero-order valence-electron chi connectivity index (χ0n) is 17.6. The molecule has 10 nitrogen and oxygen atoms in total. The quantitative estimate of drug-likeness (QED) is 0.680. The Morgan fingerprint density at radius 1 is 1.00 bits per heavy atom. The zero-order chi connectivity index (χ0) is 22.4. The van der Waals surface area contributed by atoms with Crippen molar-refractivity contribution < 1.29 is 24.2 Å². The molecule has 0 saturated carbocycles. The molecule has 1 aromatic heterocycles. The molecule has 2 N–H and O–H groups in total. The van der Waals surface area contributed by atoms with Gasteiger partial charge in [-0.3, -0.25) is 0 Å². The first kappa shape index (κ1) is 22.3. The first-order valence-corrected chi connectivity index (χ1v) is 10.1. The molecule has 3 aliphatic heterocycles. The number of rotatable bonds is 5. The lowest BCUT2D eigenvalue weighted by atomic mass is 10.1. The summed E-state index contributed by atoms with van der Waals surface area (Å²) in [6.07, 6.45) is 3.50. The summed E-state index contributed by atoms with van der Waals surface area (Å²) in [5.41, 5.74) is 2.13. The highest BCUT2D eigenvalue weighted by Gasteiger charge is 2.31. The van der Waals surface area contributed by atoms with E-state index in [0.717, 1.165) is 24.3 Å². The molecule has 0 radical (unpaired) electrons. The fourth-order valence-corrected chi connectivity index (χ4v) is 3.63. The molecule has 2 bridgehead atoms. The van der Waals surface area contributed by atoms with Gasteiger partial charge in [0.05, 0.1) is 0 Å². The number of carboxylic acids is 2. The normalized spacial score (nSPS) is 20.1. The summed E-state index contributed by atoms with van der Waals surface area (Å²) in [4.78, 5) is 26.0. The Hall–Kier alpha value is -3.40. The number of piperidine rings is 1. The van der Waals surface area contributed by atoms with E-state index in [1.54, 1.807) is 0 Å². The predicted octanol–water partition coefficient (Wildman–Crippen LogP) is 1.80. The van der Waals surface area contributed by atoms with Crippen LogP contribution in [0, 0.1) is 0 Å². The molecule has 0 spiro atoms. The molecule has 1 aromatic carbocycles. The van der Waals surface area contributed by atoms with Crippen LogP contribution in [0.5, 0.6) is 0 Å². The minimum absolute atomic E-state index is 0.540. The second-order valence-electron chi connectivity index (χ2n) is 7.61. The van der Waals surface area contributed by atoms with Crippen LogP contribution in [0.1, 0.15) is 12.8 Å². The van der Waals surface area contributed by atoms with Crippen LogP contribution < -0.4 is 9.80 Å². The van der Waals surface area contributed by atoms with E-state index in [1.165, 1.54) is 25.9 Å². The van der Waals surface area contributed by atoms with Crippen LogP contribution in [0.2, 0.25) is 0 Å². The van der Waals surface area contributed by atoms with E-state index in [2.05, 4.69) is 37.0 Å². The molecule has 2 aromatic rings. The number of aromatic nitrogens is 2. The van der Waals surface area contributed by atoms with Crippen molar-refractivity contribution >= 4 is 23.6 Å². The number of anilines is 2. The van der Waals surface area contributed by atoms with Gasteiger partial charge in [-0.25, -0.2) is 9.59 Å². The maximum absolute atomic E-state index is 9.55. The number of carboxylic acid groups (broad SMARTS) is 2. The summed E-state index contributed by atoms with van der Waals surface area (Å²) in [5, 5.41) is 24.2. The molecule has 0 unspecified atom stereocenters. The Kier molecular flexibility index (Phi) is 7.24. The Morgan fingerprint density at radius 2 is 1.61 bits per heavy atom. The van der Waals surface area contributed by atoms with Crippen LogP contribution in [0.3, 0.4) is 0 Å². The maximum Gasteiger partial charge on any atom is 0.328 e. The van der Waals surface area contributed by atoms with Gasteiger partial charge in [0.2, 0.25) is 5.89 Å². The van der Waals surface area contributed by atoms with Crippen molar-refractivity contribution in [2.75, 3.05) is 50.1 Å². The van der Waals surface area contributed by atoms with Crippen molar-refractivity contribution in [2.24, 2.45) is 0 Å². The van der Waals surface area contributed by atoms with Gasteiger partial charge in [0, 0.05) is 69.7 Å². The predicted molar refractivity (Wildman–Crippen MR) is 115 cm³/mol. The van der Waals surface area contributed by atoms with E-state index in [-0.39, 0.29) is 0 Å². The van der Waals surface area contributed by atoms with E-state index in [4.69, 9.17) is 14.6 Å². The third-order valence-electron chi connectivity index (χ3n) is 5.31. The maximum atomic E-state index is 9.55. The molecule has 10 heteroatoms. The average molecular weight is 429 g/mol. The van der Waals surface area contributed by atoms with Crippen molar-refractivity contribution in [3.05, 3.63) is 36.4 Å². The highest BCUT2D eigenvalue weighted by Crippen LogP contribution is 2.29. The fraction of sp³-hybridized carbons (Fsp3) is 0.429. The topological polar surface area (TPSA) is 123 Å². The summed E-state index contributed by atoms with van der Waals surface area (Å²) in [5.74, 6) is -1.91. The van der Waals surface area contributed by atoms with Crippen LogP contribution in [0.4, 0.5) is 11.7 Å². The summed E-state index contributed by atoms with van der Waals surface area (Å²) < 4.78 is 5.99. The van der Waals surface area contributed by atoms with Gasteiger partial charge in [-0.2, -0.15) is 0 Å². The summed E-state index contributed by atoms with van der Waals surface area (Å²) in [6, 6.07) is 9.42. The third kappa shape index (κ3) is 6.05. The number of nitrogens with zero attached hydrogens (tertiary/aromatic N) is 5. The summed E-state index contributed by atoms with van der Waals surface area (Å²) in [6.45, 7) is 4.44. The molecule has 4 heterocycles. The van der Waals surface area contributed by atoms with E-state index >= 15 is 0 Å². The first-order valence-electron chi connectivity index (χ1n) is 10.1. The second-order valence-corrected chi connectivity index (χ2v) is 7.61. The van der Waals surface area contributed by atoms with Gasteiger partial charge >= 0.3 is 18.0 Å². The number of hydrogen-bond acceptors (Lipinski definition) is 8. The molecule has 3 fully saturated rings. The fourth-order valence-electron chi connectivity index (χ4n) is 3.63. The molecule has 166 valence electrons. The minimum atomic E-state index is -1.26. The van der Waals surface area contributed by atoms with Crippen molar-refractivity contribution in [2.45, 2.75) is 18.9 Å². The lowest BCUT2D eigenvalue weighted by molar-refractivity contribution is -0.134. The van der Waals surface area contributed by atoms with Crippen LogP contribution >= 0.6 is 0 Å². The zero-order valence-corrected chi connectivity index (χ0v) is 17.6. The molecule has 0 atom stereocenters. The lowest BCUT2D eigenvalue weighted by Crippen LogP contribution is -2.38. The number of benzene rings is 1. The minimum Gasteiger partial charge on any atom is -0.478 e. The Morgan fingerprint density at radius 3 is 2.16 bits per heavy atom. The lowest BCUT2D eigenvalue weighted by Gasteiger charge is -2.29. The number of hydrogen-bond donors (Lipinski definition) is 2. The molecule has 3 saturated heterocycles. The second kappa shape index (κ2) is 10.1. The molecule has 0 amide bonds.